The van der Waals surface area contributed by atoms with Crippen LogP contribution in [0, 0.1) is 12.7 Å². The van der Waals surface area contributed by atoms with E-state index in [0.29, 0.717) is 11.3 Å². The summed E-state index contributed by atoms with van der Waals surface area (Å²) in [4.78, 5) is 11.7. The Morgan fingerprint density at radius 2 is 2.05 bits per heavy atom. The van der Waals surface area contributed by atoms with E-state index >= 15 is 0 Å². The molecule has 0 aromatic heterocycles. The van der Waals surface area contributed by atoms with E-state index in [0.717, 1.165) is 10.0 Å². The lowest BCUT2D eigenvalue weighted by Crippen LogP contribution is -2.28. The molecule has 0 saturated carbocycles. The molecular weight excluding hydrogens is 323 g/mol. The second-order valence-corrected chi connectivity index (χ2v) is 5.26. The normalized spacial score (nSPS) is 10.2. The van der Waals surface area contributed by atoms with Gasteiger partial charge in [0.05, 0.1) is 0 Å². The van der Waals surface area contributed by atoms with E-state index < -0.39 is 0 Å². The minimum Gasteiger partial charge on any atom is -0.334 e. The molecule has 0 aliphatic carbocycles. The number of aryl methyl sites for hydroxylation is 1. The van der Waals surface area contributed by atoms with Crippen molar-refractivity contribution in [2.45, 2.75) is 13.5 Å². The molecule has 104 valence electrons. The molecule has 0 atom stereocenters. The molecule has 20 heavy (non-hydrogen) atoms. The number of hydrogen-bond acceptors (Lipinski definition) is 1. The van der Waals surface area contributed by atoms with Crippen molar-refractivity contribution in [3.05, 3.63) is 63.9 Å². The highest BCUT2D eigenvalue weighted by Gasteiger charge is 2.03. The van der Waals surface area contributed by atoms with Gasteiger partial charge in [0.2, 0.25) is 0 Å². The van der Waals surface area contributed by atoms with Crippen LogP contribution in [-0.2, 0) is 6.54 Å². The quantitative estimate of drug-likeness (QED) is 0.865. The van der Waals surface area contributed by atoms with Gasteiger partial charge in [0.15, 0.2) is 0 Å². The average Bonchev–Trinajstić information content (AvgIpc) is 2.41. The first-order valence-electron chi connectivity index (χ1n) is 6.10. The predicted octanol–water partition coefficient (Wildman–Crippen LogP) is 4.22. The van der Waals surface area contributed by atoms with Gasteiger partial charge in [0.1, 0.15) is 5.82 Å². The van der Waals surface area contributed by atoms with Crippen molar-refractivity contribution in [1.29, 1.82) is 0 Å². The minimum absolute atomic E-state index is 0.277. The Hall–Kier alpha value is -1.88. The Morgan fingerprint density at radius 3 is 2.75 bits per heavy atom. The van der Waals surface area contributed by atoms with Crippen LogP contribution in [0.5, 0.6) is 0 Å². The molecule has 5 heteroatoms. The van der Waals surface area contributed by atoms with Crippen LogP contribution in [0.25, 0.3) is 0 Å². The summed E-state index contributed by atoms with van der Waals surface area (Å²) in [6.45, 7) is 2.22. The van der Waals surface area contributed by atoms with Crippen LogP contribution in [0.1, 0.15) is 11.1 Å². The molecular formula is C15H14BrFN2O. The van der Waals surface area contributed by atoms with Crippen LogP contribution in [0.15, 0.2) is 46.9 Å². The van der Waals surface area contributed by atoms with Crippen molar-refractivity contribution in [3.8, 4) is 0 Å². The van der Waals surface area contributed by atoms with Crippen LogP contribution in [0.3, 0.4) is 0 Å². The maximum atomic E-state index is 13.0. The van der Waals surface area contributed by atoms with Gasteiger partial charge in [0.25, 0.3) is 0 Å². The summed E-state index contributed by atoms with van der Waals surface area (Å²) in [5.41, 5.74) is 2.46. The van der Waals surface area contributed by atoms with Crippen LogP contribution in [0.4, 0.5) is 14.9 Å². The van der Waals surface area contributed by atoms with Gasteiger partial charge in [-0.3, -0.25) is 0 Å². The Kier molecular flexibility index (Phi) is 4.74. The molecule has 0 aliphatic heterocycles. The second-order valence-electron chi connectivity index (χ2n) is 4.40. The highest BCUT2D eigenvalue weighted by Crippen LogP contribution is 2.19. The SMILES string of the molecule is Cc1cc(NC(=O)NCc2cccc(F)c2)ccc1Br. The van der Waals surface area contributed by atoms with Crippen LogP contribution >= 0.6 is 15.9 Å². The summed E-state index contributed by atoms with van der Waals surface area (Å²) in [5.74, 6) is -0.312. The molecule has 0 heterocycles. The van der Waals surface area contributed by atoms with Crippen molar-refractivity contribution in [1.82, 2.24) is 5.32 Å². The van der Waals surface area contributed by atoms with Crippen molar-refractivity contribution in [2.24, 2.45) is 0 Å². The molecule has 2 aromatic rings. The van der Waals surface area contributed by atoms with E-state index in [2.05, 4.69) is 26.6 Å². The third-order valence-corrected chi connectivity index (χ3v) is 3.65. The zero-order chi connectivity index (χ0) is 14.5. The van der Waals surface area contributed by atoms with Crippen molar-refractivity contribution < 1.29 is 9.18 Å². The first-order chi connectivity index (χ1) is 9.54. The fourth-order valence-electron chi connectivity index (χ4n) is 1.73. The van der Waals surface area contributed by atoms with Gasteiger partial charge in [0, 0.05) is 16.7 Å². The van der Waals surface area contributed by atoms with Gasteiger partial charge in [-0.25, -0.2) is 9.18 Å². The molecule has 0 unspecified atom stereocenters. The average molecular weight is 337 g/mol. The number of halogens is 2. The van der Waals surface area contributed by atoms with Gasteiger partial charge < -0.3 is 10.6 Å². The molecule has 2 amide bonds. The summed E-state index contributed by atoms with van der Waals surface area (Å²) in [7, 11) is 0. The second kappa shape index (κ2) is 6.52. The summed E-state index contributed by atoms with van der Waals surface area (Å²) in [6.07, 6.45) is 0. The molecule has 0 saturated heterocycles. The van der Waals surface area contributed by atoms with E-state index in [9.17, 15) is 9.18 Å². The summed E-state index contributed by atoms with van der Waals surface area (Å²) < 4.78 is 14.0. The van der Waals surface area contributed by atoms with Crippen molar-refractivity contribution >= 4 is 27.6 Å². The number of nitrogens with one attached hydrogen (secondary N) is 2. The lowest BCUT2D eigenvalue weighted by molar-refractivity contribution is 0.251. The minimum atomic E-state index is -0.323. The molecule has 0 spiro atoms. The number of carbonyl (C=O) groups is 1. The van der Waals surface area contributed by atoms with E-state index in [1.807, 2.05) is 19.1 Å². The first-order valence-corrected chi connectivity index (χ1v) is 6.89. The van der Waals surface area contributed by atoms with Crippen LogP contribution in [0.2, 0.25) is 0 Å². The molecule has 2 rings (SSSR count). The molecule has 0 bridgehead atoms. The van der Waals surface area contributed by atoms with Gasteiger partial charge in [-0.15, -0.1) is 0 Å². The van der Waals surface area contributed by atoms with Gasteiger partial charge in [-0.05, 0) is 48.4 Å². The fourth-order valence-corrected chi connectivity index (χ4v) is 1.97. The maximum absolute atomic E-state index is 13.0. The van der Waals surface area contributed by atoms with Crippen molar-refractivity contribution in [3.63, 3.8) is 0 Å². The molecule has 0 fully saturated rings. The topological polar surface area (TPSA) is 41.1 Å². The Morgan fingerprint density at radius 1 is 1.25 bits per heavy atom. The number of carbonyl (C=O) groups excluding carboxylic acids is 1. The summed E-state index contributed by atoms with van der Waals surface area (Å²) in [5, 5.41) is 5.41. The van der Waals surface area contributed by atoms with E-state index in [1.165, 1.54) is 12.1 Å². The van der Waals surface area contributed by atoms with E-state index in [4.69, 9.17) is 0 Å². The monoisotopic (exact) mass is 336 g/mol. The lowest BCUT2D eigenvalue weighted by atomic mass is 10.2. The molecule has 3 nitrogen and oxygen atoms in total. The smallest absolute Gasteiger partial charge is 0.319 e. The molecule has 0 radical (unpaired) electrons. The van der Waals surface area contributed by atoms with Crippen LogP contribution < -0.4 is 10.6 Å². The number of benzene rings is 2. The molecule has 2 aromatic carbocycles. The number of hydrogen-bond donors (Lipinski definition) is 2. The van der Waals surface area contributed by atoms with Gasteiger partial charge in [-0.2, -0.15) is 0 Å². The zero-order valence-corrected chi connectivity index (χ0v) is 12.5. The molecule has 2 N–H and O–H groups in total. The Bertz CT molecular complexity index is 631. The maximum Gasteiger partial charge on any atom is 0.319 e. The first kappa shape index (κ1) is 14.5. The van der Waals surface area contributed by atoms with Crippen molar-refractivity contribution in [2.75, 3.05) is 5.32 Å². The summed E-state index contributed by atoms with van der Waals surface area (Å²) >= 11 is 3.40. The number of anilines is 1. The fraction of sp³-hybridized carbons (Fsp3) is 0.133. The Balaban J connectivity index is 1.91. The van der Waals surface area contributed by atoms with Gasteiger partial charge in [-0.1, -0.05) is 28.1 Å². The lowest BCUT2D eigenvalue weighted by Gasteiger charge is -2.09. The summed E-state index contributed by atoms with van der Waals surface area (Å²) in [6, 6.07) is 11.4. The number of amides is 2. The standard InChI is InChI=1S/C15H14BrFN2O/c1-10-7-13(5-6-14(10)16)19-15(20)18-9-11-3-2-4-12(17)8-11/h2-8H,9H2,1H3,(H2,18,19,20). The third-order valence-electron chi connectivity index (χ3n) is 2.76. The third kappa shape index (κ3) is 4.06. The highest BCUT2D eigenvalue weighted by molar-refractivity contribution is 9.10. The van der Waals surface area contributed by atoms with Gasteiger partial charge >= 0.3 is 6.03 Å². The van der Waals surface area contributed by atoms with E-state index in [1.54, 1.807) is 18.2 Å². The largest absolute Gasteiger partial charge is 0.334 e. The number of urea groups is 1. The predicted molar refractivity (Wildman–Crippen MR) is 81.1 cm³/mol. The number of rotatable bonds is 3. The van der Waals surface area contributed by atoms with E-state index in [-0.39, 0.29) is 18.4 Å². The Labute approximate surface area is 125 Å². The van der Waals surface area contributed by atoms with Crippen LogP contribution in [-0.4, -0.2) is 6.03 Å². The molecule has 0 aliphatic rings. The zero-order valence-electron chi connectivity index (χ0n) is 10.9. The highest BCUT2D eigenvalue weighted by atomic mass is 79.9.